The van der Waals surface area contributed by atoms with Gasteiger partial charge in [0, 0.05) is 22.8 Å². The lowest BCUT2D eigenvalue weighted by Crippen LogP contribution is -2.34. The van der Waals surface area contributed by atoms with Crippen LogP contribution in [0.1, 0.15) is 37.5 Å². The summed E-state index contributed by atoms with van der Waals surface area (Å²) in [7, 11) is -1.50. The first-order chi connectivity index (χ1) is 9.05. The molecule has 19 heavy (non-hydrogen) atoms. The van der Waals surface area contributed by atoms with Crippen LogP contribution in [0.4, 0.5) is 0 Å². The number of hydrogen-bond donors (Lipinski definition) is 2. The molecule has 2 N–H and O–H groups in total. The third kappa shape index (κ3) is 4.27. The van der Waals surface area contributed by atoms with Crippen molar-refractivity contribution in [1.29, 1.82) is 0 Å². The maximum Gasteiger partial charge on any atom is 0.241 e. The van der Waals surface area contributed by atoms with E-state index in [1.807, 2.05) is 14.0 Å². The normalized spacial score (nSPS) is 17.6. The van der Waals surface area contributed by atoms with Gasteiger partial charge in [-0.1, -0.05) is 19.8 Å². The molecule has 1 unspecified atom stereocenters. The Hall–Kier alpha value is -0.430. The Labute approximate surface area is 119 Å². The number of rotatable bonds is 8. The average Bonchev–Trinajstić information content (AvgIpc) is 3.04. The summed E-state index contributed by atoms with van der Waals surface area (Å²) in [6, 6.07) is 1.83. The summed E-state index contributed by atoms with van der Waals surface area (Å²) in [4.78, 5) is 1.44. The van der Waals surface area contributed by atoms with Crippen LogP contribution in [-0.4, -0.2) is 21.5 Å². The Balaban J connectivity index is 2.02. The predicted octanol–water partition coefficient (Wildman–Crippen LogP) is 2.32. The second-order valence-electron chi connectivity index (χ2n) is 5.18. The summed E-state index contributed by atoms with van der Waals surface area (Å²) in [5.41, 5.74) is 0. The van der Waals surface area contributed by atoms with Crippen LogP contribution >= 0.6 is 11.3 Å². The second-order valence-corrected chi connectivity index (χ2v) is 7.89. The van der Waals surface area contributed by atoms with Gasteiger partial charge in [0.05, 0.1) is 4.90 Å². The van der Waals surface area contributed by atoms with Crippen LogP contribution in [0, 0.1) is 5.92 Å². The Kier molecular flexibility index (Phi) is 5.00. The fraction of sp³-hybridized carbons (Fsp3) is 0.692. The minimum absolute atomic E-state index is 0.0742. The van der Waals surface area contributed by atoms with Crippen molar-refractivity contribution in [1.82, 2.24) is 10.0 Å². The zero-order valence-corrected chi connectivity index (χ0v) is 13.1. The molecule has 0 amide bonds. The van der Waals surface area contributed by atoms with Crippen LogP contribution in [0.15, 0.2) is 16.3 Å². The van der Waals surface area contributed by atoms with Crippen molar-refractivity contribution < 1.29 is 8.42 Å². The molecular weight excluding hydrogens is 280 g/mol. The number of thiophene rings is 1. The molecule has 0 bridgehead atoms. The van der Waals surface area contributed by atoms with Crippen LogP contribution in [0.2, 0.25) is 0 Å². The molecule has 1 aromatic heterocycles. The molecule has 1 aliphatic carbocycles. The van der Waals surface area contributed by atoms with Gasteiger partial charge in [0.25, 0.3) is 0 Å². The summed E-state index contributed by atoms with van der Waals surface area (Å²) < 4.78 is 27.4. The third-order valence-electron chi connectivity index (χ3n) is 3.42. The molecule has 6 heteroatoms. The molecule has 4 nitrogen and oxygen atoms in total. The number of nitrogens with one attached hydrogen (secondary N) is 2. The fourth-order valence-corrected chi connectivity index (χ4v) is 4.73. The molecule has 0 aromatic carbocycles. The fourth-order valence-electron chi connectivity index (χ4n) is 2.11. The van der Waals surface area contributed by atoms with E-state index >= 15 is 0 Å². The van der Waals surface area contributed by atoms with Gasteiger partial charge in [-0.25, -0.2) is 13.1 Å². The van der Waals surface area contributed by atoms with Gasteiger partial charge in [0.15, 0.2) is 0 Å². The molecular formula is C13H22N2O2S2. The zero-order valence-electron chi connectivity index (χ0n) is 11.5. The zero-order chi connectivity index (χ0) is 13.9. The molecule has 0 saturated heterocycles. The van der Waals surface area contributed by atoms with Gasteiger partial charge in [-0.15, -0.1) is 11.3 Å². The van der Waals surface area contributed by atoms with Crippen molar-refractivity contribution in [3.63, 3.8) is 0 Å². The predicted molar refractivity (Wildman–Crippen MR) is 78.8 cm³/mol. The van der Waals surface area contributed by atoms with Crippen LogP contribution in [-0.2, 0) is 16.6 Å². The van der Waals surface area contributed by atoms with Crippen LogP contribution in [0.25, 0.3) is 0 Å². The molecule has 1 aliphatic rings. The lowest BCUT2D eigenvalue weighted by Gasteiger charge is -2.16. The Morgan fingerprint density at radius 3 is 2.79 bits per heavy atom. The van der Waals surface area contributed by atoms with Gasteiger partial charge in [0.2, 0.25) is 10.0 Å². The van der Waals surface area contributed by atoms with E-state index in [9.17, 15) is 8.42 Å². The molecule has 108 valence electrons. The average molecular weight is 302 g/mol. The van der Waals surface area contributed by atoms with Crippen molar-refractivity contribution in [3.05, 3.63) is 16.3 Å². The highest BCUT2D eigenvalue weighted by atomic mass is 32.2. The first-order valence-corrected chi connectivity index (χ1v) is 9.15. The summed E-state index contributed by atoms with van der Waals surface area (Å²) in [6.07, 6.45) is 4.33. The largest absolute Gasteiger partial charge is 0.315 e. The highest BCUT2D eigenvalue weighted by Crippen LogP contribution is 2.34. The molecule has 0 spiro atoms. The molecule has 1 fully saturated rings. The van der Waals surface area contributed by atoms with Crippen LogP contribution < -0.4 is 10.0 Å². The maximum atomic E-state index is 12.3. The minimum atomic E-state index is -3.35. The van der Waals surface area contributed by atoms with Crippen molar-refractivity contribution in [3.8, 4) is 0 Å². The molecule has 0 aliphatic heterocycles. The van der Waals surface area contributed by atoms with Crippen molar-refractivity contribution >= 4 is 21.4 Å². The molecule has 1 saturated carbocycles. The SMILES string of the molecule is CCC(CC1CC1)NS(=O)(=O)c1csc(CNC)c1. The van der Waals surface area contributed by atoms with Gasteiger partial charge >= 0.3 is 0 Å². The summed E-state index contributed by atoms with van der Waals surface area (Å²) in [5.74, 6) is 0.731. The lowest BCUT2D eigenvalue weighted by atomic mass is 10.1. The standard InChI is InChI=1S/C13H22N2O2S2/c1-3-11(6-10-4-5-10)15-19(16,17)13-7-12(8-14-2)18-9-13/h7,9-11,14-15H,3-6,8H2,1-2H3. The Morgan fingerprint density at radius 1 is 1.47 bits per heavy atom. The van der Waals surface area contributed by atoms with Crippen LogP contribution in [0.5, 0.6) is 0 Å². The van der Waals surface area contributed by atoms with Crippen molar-refractivity contribution in [2.45, 2.75) is 50.1 Å². The van der Waals surface area contributed by atoms with E-state index in [1.165, 1.54) is 24.2 Å². The highest BCUT2D eigenvalue weighted by molar-refractivity contribution is 7.89. The van der Waals surface area contributed by atoms with E-state index < -0.39 is 10.0 Å². The van der Waals surface area contributed by atoms with Gasteiger partial charge in [0.1, 0.15) is 0 Å². The monoisotopic (exact) mass is 302 g/mol. The Bertz CT molecular complexity index is 506. The van der Waals surface area contributed by atoms with E-state index in [0.717, 1.165) is 23.6 Å². The van der Waals surface area contributed by atoms with Gasteiger partial charge < -0.3 is 5.32 Å². The maximum absolute atomic E-state index is 12.3. The topological polar surface area (TPSA) is 58.2 Å². The van der Waals surface area contributed by atoms with E-state index in [1.54, 1.807) is 11.4 Å². The molecule has 1 heterocycles. The van der Waals surface area contributed by atoms with Crippen molar-refractivity contribution in [2.75, 3.05) is 7.05 Å². The van der Waals surface area contributed by atoms with E-state index in [-0.39, 0.29) is 6.04 Å². The first-order valence-electron chi connectivity index (χ1n) is 6.79. The minimum Gasteiger partial charge on any atom is -0.315 e. The van der Waals surface area contributed by atoms with Gasteiger partial charge in [-0.3, -0.25) is 0 Å². The quantitative estimate of drug-likeness (QED) is 0.775. The van der Waals surface area contributed by atoms with E-state index in [4.69, 9.17) is 0 Å². The summed E-state index contributed by atoms with van der Waals surface area (Å²) in [6.45, 7) is 2.75. The van der Waals surface area contributed by atoms with Gasteiger partial charge in [-0.2, -0.15) is 0 Å². The van der Waals surface area contributed by atoms with E-state index in [0.29, 0.717) is 11.4 Å². The van der Waals surface area contributed by atoms with E-state index in [2.05, 4.69) is 10.0 Å². The third-order valence-corrected chi connectivity index (χ3v) is 6.01. The second kappa shape index (κ2) is 6.35. The summed E-state index contributed by atoms with van der Waals surface area (Å²) in [5, 5.41) is 4.75. The smallest absolute Gasteiger partial charge is 0.241 e. The number of hydrogen-bond acceptors (Lipinski definition) is 4. The van der Waals surface area contributed by atoms with Crippen molar-refractivity contribution in [2.24, 2.45) is 5.92 Å². The summed E-state index contributed by atoms with van der Waals surface area (Å²) >= 11 is 1.48. The van der Waals surface area contributed by atoms with Crippen LogP contribution in [0.3, 0.4) is 0 Å². The molecule has 2 rings (SSSR count). The number of sulfonamides is 1. The molecule has 1 aromatic rings. The lowest BCUT2D eigenvalue weighted by molar-refractivity contribution is 0.495. The Morgan fingerprint density at radius 2 is 2.21 bits per heavy atom. The van der Waals surface area contributed by atoms with Gasteiger partial charge in [-0.05, 0) is 31.9 Å². The molecule has 0 radical (unpaired) electrons. The molecule has 1 atom stereocenters. The first kappa shape index (κ1) is 15.0. The highest BCUT2D eigenvalue weighted by Gasteiger charge is 2.27.